The monoisotopic (exact) mass is 300 g/mol. The quantitative estimate of drug-likeness (QED) is 0.751. The molecule has 0 aliphatic rings. The molecule has 0 bridgehead atoms. The number of hydrogen-bond acceptors (Lipinski definition) is 1. The Labute approximate surface area is 118 Å². The third-order valence-corrected chi connectivity index (χ3v) is 3.27. The van der Waals surface area contributed by atoms with Crippen molar-refractivity contribution in [3.05, 3.63) is 69.2 Å². The Bertz CT molecular complexity index is 641. The van der Waals surface area contributed by atoms with Crippen molar-refractivity contribution in [3.8, 4) is 0 Å². The molecule has 0 N–H and O–H groups in total. The summed E-state index contributed by atoms with van der Waals surface area (Å²) in [5, 5.41) is 0.0862. The van der Waals surface area contributed by atoms with Crippen LogP contribution in [0.15, 0.2) is 36.4 Å². The summed E-state index contributed by atoms with van der Waals surface area (Å²) in [6.07, 6.45) is -0.171. The molecule has 5 heteroatoms. The Morgan fingerprint density at radius 3 is 2.47 bits per heavy atom. The maximum absolute atomic E-state index is 13.6. The van der Waals surface area contributed by atoms with Gasteiger partial charge in [-0.15, -0.1) is 0 Å². The van der Waals surface area contributed by atoms with Crippen LogP contribution in [0.1, 0.15) is 15.9 Å². The second-order valence-electron chi connectivity index (χ2n) is 3.94. The molecule has 0 aromatic heterocycles. The van der Waals surface area contributed by atoms with E-state index in [1.54, 1.807) is 0 Å². The maximum atomic E-state index is 13.6. The van der Waals surface area contributed by atoms with E-state index in [2.05, 4.69) is 0 Å². The fraction of sp³-hybridized carbons (Fsp3) is 0.0714. The topological polar surface area (TPSA) is 17.1 Å². The van der Waals surface area contributed by atoms with E-state index in [0.29, 0.717) is 5.56 Å². The zero-order chi connectivity index (χ0) is 14.0. The highest BCUT2D eigenvalue weighted by molar-refractivity contribution is 6.32. The van der Waals surface area contributed by atoms with Crippen LogP contribution in [0.3, 0.4) is 0 Å². The first-order valence-electron chi connectivity index (χ1n) is 5.40. The summed E-state index contributed by atoms with van der Waals surface area (Å²) in [6.45, 7) is 0. The van der Waals surface area contributed by atoms with Crippen molar-refractivity contribution in [3.63, 3.8) is 0 Å². The molecule has 0 spiro atoms. The second kappa shape index (κ2) is 5.68. The molecule has 2 aromatic rings. The molecule has 98 valence electrons. The molecule has 0 aliphatic heterocycles. The first kappa shape index (κ1) is 14.0. The standard InChI is InChI=1S/C14H8Cl2F2O/c15-9-4-5-10(12(18)7-9)13(19)6-8-2-1-3-11(17)14(8)16/h1-5,7H,6H2. The number of hydrogen-bond donors (Lipinski definition) is 0. The Kier molecular flexibility index (Phi) is 4.17. The van der Waals surface area contributed by atoms with Gasteiger partial charge in [-0.1, -0.05) is 35.3 Å². The lowest BCUT2D eigenvalue weighted by Crippen LogP contribution is -2.07. The summed E-state index contributed by atoms with van der Waals surface area (Å²) >= 11 is 11.4. The average molecular weight is 301 g/mol. The molecule has 0 fully saturated rings. The van der Waals surface area contributed by atoms with Crippen LogP contribution < -0.4 is 0 Å². The molecule has 0 radical (unpaired) electrons. The van der Waals surface area contributed by atoms with E-state index in [-0.39, 0.29) is 22.0 Å². The summed E-state index contributed by atoms with van der Waals surface area (Å²) in [7, 11) is 0. The van der Waals surface area contributed by atoms with Gasteiger partial charge in [0.05, 0.1) is 10.6 Å². The van der Waals surface area contributed by atoms with Gasteiger partial charge in [-0.05, 0) is 29.8 Å². The molecule has 0 unspecified atom stereocenters. The van der Waals surface area contributed by atoms with Crippen molar-refractivity contribution >= 4 is 29.0 Å². The van der Waals surface area contributed by atoms with Crippen LogP contribution in [0.5, 0.6) is 0 Å². The SMILES string of the molecule is O=C(Cc1cccc(F)c1Cl)c1ccc(Cl)cc1F. The van der Waals surface area contributed by atoms with Gasteiger partial charge in [0.15, 0.2) is 5.78 Å². The van der Waals surface area contributed by atoms with Gasteiger partial charge in [-0.2, -0.15) is 0 Å². The lowest BCUT2D eigenvalue weighted by Gasteiger charge is -2.06. The van der Waals surface area contributed by atoms with Crippen molar-refractivity contribution < 1.29 is 13.6 Å². The second-order valence-corrected chi connectivity index (χ2v) is 4.75. The average Bonchev–Trinajstić information content (AvgIpc) is 2.34. The van der Waals surface area contributed by atoms with Gasteiger partial charge >= 0.3 is 0 Å². The summed E-state index contributed by atoms with van der Waals surface area (Å²) in [5.74, 6) is -1.80. The first-order valence-corrected chi connectivity index (χ1v) is 6.16. The normalized spacial score (nSPS) is 10.5. The smallest absolute Gasteiger partial charge is 0.170 e. The van der Waals surface area contributed by atoms with Crippen LogP contribution >= 0.6 is 23.2 Å². The Morgan fingerprint density at radius 2 is 1.79 bits per heavy atom. The minimum atomic E-state index is -0.704. The molecule has 1 nitrogen and oxygen atoms in total. The third-order valence-electron chi connectivity index (χ3n) is 2.61. The van der Waals surface area contributed by atoms with E-state index in [1.165, 1.54) is 30.3 Å². The first-order chi connectivity index (χ1) is 8.99. The van der Waals surface area contributed by atoms with Crippen molar-refractivity contribution in [1.29, 1.82) is 0 Å². The van der Waals surface area contributed by atoms with Crippen LogP contribution in [0.4, 0.5) is 8.78 Å². The lowest BCUT2D eigenvalue weighted by molar-refractivity contribution is 0.0989. The van der Waals surface area contributed by atoms with Crippen LogP contribution in [-0.4, -0.2) is 5.78 Å². The van der Waals surface area contributed by atoms with E-state index in [0.717, 1.165) is 6.07 Å². The summed E-state index contributed by atoms with van der Waals surface area (Å²) < 4.78 is 26.8. The molecule has 0 atom stereocenters. The molecule has 0 amide bonds. The Hall–Kier alpha value is -1.45. The predicted octanol–water partition coefficient (Wildman–Crippen LogP) is 4.70. The highest BCUT2D eigenvalue weighted by Gasteiger charge is 2.15. The number of carbonyl (C=O) groups excluding carboxylic acids is 1. The van der Waals surface area contributed by atoms with Gasteiger partial charge in [0.25, 0.3) is 0 Å². The number of carbonyl (C=O) groups is 1. The Balaban J connectivity index is 2.28. The number of Topliss-reactive ketones (excluding diaryl/α,β-unsaturated/α-hetero) is 1. The van der Waals surface area contributed by atoms with Crippen molar-refractivity contribution in [1.82, 2.24) is 0 Å². The molecule has 2 aromatic carbocycles. The number of benzene rings is 2. The van der Waals surface area contributed by atoms with Gasteiger partial charge in [0.1, 0.15) is 11.6 Å². The molecular weight excluding hydrogens is 293 g/mol. The van der Waals surface area contributed by atoms with Gasteiger partial charge in [0, 0.05) is 11.4 Å². The molecule has 0 aliphatic carbocycles. The van der Waals surface area contributed by atoms with E-state index in [4.69, 9.17) is 23.2 Å². The van der Waals surface area contributed by atoms with Crippen molar-refractivity contribution in [2.45, 2.75) is 6.42 Å². The zero-order valence-corrected chi connectivity index (χ0v) is 11.1. The van der Waals surface area contributed by atoms with Crippen molar-refractivity contribution in [2.24, 2.45) is 0 Å². The minimum Gasteiger partial charge on any atom is -0.294 e. The summed E-state index contributed by atoms with van der Waals surface area (Å²) in [5.41, 5.74) is 0.228. The highest BCUT2D eigenvalue weighted by atomic mass is 35.5. The largest absolute Gasteiger partial charge is 0.294 e. The van der Waals surface area contributed by atoms with Gasteiger partial charge in [-0.25, -0.2) is 8.78 Å². The van der Waals surface area contributed by atoms with E-state index < -0.39 is 17.4 Å². The maximum Gasteiger partial charge on any atom is 0.170 e. The van der Waals surface area contributed by atoms with E-state index >= 15 is 0 Å². The fourth-order valence-corrected chi connectivity index (χ4v) is 2.02. The number of ketones is 1. The fourth-order valence-electron chi connectivity index (χ4n) is 1.67. The van der Waals surface area contributed by atoms with Gasteiger partial charge in [0.2, 0.25) is 0 Å². The summed E-state index contributed by atoms with van der Waals surface area (Å²) in [4.78, 5) is 11.9. The molecular formula is C14H8Cl2F2O. The van der Waals surface area contributed by atoms with E-state index in [9.17, 15) is 13.6 Å². The van der Waals surface area contributed by atoms with Crippen LogP contribution in [-0.2, 0) is 6.42 Å². The Morgan fingerprint density at radius 1 is 1.05 bits per heavy atom. The summed E-state index contributed by atoms with van der Waals surface area (Å²) in [6, 6.07) is 7.94. The number of rotatable bonds is 3. The van der Waals surface area contributed by atoms with Crippen molar-refractivity contribution in [2.75, 3.05) is 0 Å². The van der Waals surface area contributed by atoms with Crippen LogP contribution in [0.2, 0.25) is 10.0 Å². The number of halogens is 4. The highest BCUT2D eigenvalue weighted by Crippen LogP contribution is 2.22. The van der Waals surface area contributed by atoms with Gasteiger partial charge < -0.3 is 0 Å². The molecule has 2 rings (SSSR count). The molecule has 19 heavy (non-hydrogen) atoms. The molecule has 0 saturated carbocycles. The molecule has 0 heterocycles. The van der Waals surface area contributed by atoms with E-state index in [1.807, 2.05) is 0 Å². The molecule has 0 saturated heterocycles. The third kappa shape index (κ3) is 3.11. The van der Waals surface area contributed by atoms with Gasteiger partial charge in [-0.3, -0.25) is 4.79 Å². The van der Waals surface area contributed by atoms with Crippen LogP contribution in [0, 0.1) is 11.6 Å². The zero-order valence-electron chi connectivity index (χ0n) is 9.59. The van der Waals surface area contributed by atoms with Crippen LogP contribution in [0.25, 0.3) is 0 Å². The predicted molar refractivity (Wildman–Crippen MR) is 70.9 cm³/mol. The lowest BCUT2D eigenvalue weighted by atomic mass is 10.0. The minimum absolute atomic E-state index is 0.0928.